The number of aromatic nitrogens is 3. The molecule has 0 saturated heterocycles. The van der Waals surface area contributed by atoms with Crippen LogP contribution in [0.3, 0.4) is 0 Å². The highest BCUT2D eigenvalue weighted by atomic mass is 32.2. The van der Waals surface area contributed by atoms with Gasteiger partial charge in [-0.25, -0.2) is 4.98 Å². The van der Waals surface area contributed by atoms with Crippen molar-refractivity contribution in [3.8, 4) is 16.6 Å². The number of amides is 1. The minimum Gasteiger partial charge on any atom is -0.454 e. The number of nitrogens with one attached hydrogen (secondary N) is 1. The van der Waals surface area contributed by atoms with Crippen LogP contribution in [-0.4, -0.2) is 33.2 Å². The monoisotopic (exact) mass is 438 g/mol. The fourth-order valence-electron chi connectivity index (χ4n) is 3.09. The zero-order chi connectivity index (χ0) is 20.7. The zero-order valence-corrected chi connectivity index (χ0v) is 18.0. The van der Waals surface area contributed by atoms with Crippen LogP contribution < -0.4 is 14.8 Å². The lowest BCUT2D eigenvalue weighted by atomic mass is 10.2. The second kappa shape index (κ2) is 7.66. The molecule has 1 aliphatic heterocycles. The molecule has 30 heavy (non-hydrogen) atoms. The lowest BCUT2D eigenvalue weighted by molar-refractivity contribution is -0.113. The molecular formula is C21H18N4O3S2. The molecule has 4 aromatic rings. The summed E-state index contributed by atoms with van der Waals surface area (Å²) in [6.45, 7) is 4.16. The summed E-state index contributed by atoms with van der Waals surface area (Å²) in [6, 6.07) is 13.7. The van der Waals surface area contributed by atoms with Crippen LogP contribution in [0.25, 0.3) is 15.3 Å². The second-order valence-electron chi connectivity index (χ2n) is 6.90. The number of benzene rings is 2. The molecule has 0 atom stereocenters. The quantitative estimate of drug-likeness (QED) is 0.460. The van der Waals surface area contributed by atoms with Crippen LogP contribution in [0.5, 0.6) is 11.5 Å². The van der Waals surface area contributed by atoms with Gasteiger partial charge in [0.2, 0.25) is 17.8 Å². The second-order valence-corrected chi connectivity index (χ2v) is 8.96. The van der Waals surface area contributed by atoms with Crippen LogP contribution >= 0.6 is 23.1 Å². The van der Waals surface area contributed by atoms with Crippen LogP contribution in [0, 0.1) is 13.8 Å². The summed E-state index contributed by atoms with van der Waals surface area (Å²) >= 11 is 2.98. The highest BCUT2D eigenvalue weighted by Gasteiger charge is 2.19. The molecule has 7 nitrogen and oxygen atoms in total. The molecule has 3 heterocycles. The summed E-state index contributed by atoms with van der Waals surface area (Å²) in [5.74, 6) is 2.23. The maximum atomic E-state index is 12.5. The molecule has 0 fully saturated rings. The summed E-state index contributed by atoms with van der Waals surface area (Å²) in [4.78, 5) is 18.3. The summed E-state index contributed by atoms with van der Waals surface area (Å²) in [6.07, 6.45) is 0. The van der Waals surface area contributed by atoms with E-state index in [0.717, 1.165) is 26.6 Å². The highest BCUT2D eigenvalue weighted by molar-refractivity contribution is 8.00. The van der Waals surface area contributed by atoms with E-state index in [4.69, 9.17) is 9.47 Å². The number of rotatable bonds is 5. The fraction of sp³-hybridized carbons (Fsp3) is 0.190. The summed E-state index contributed by atoms with van der Waals surface area (Å²) in [5.41, 5.74) is 2.80. The summed E-state index contributed by atoms with van der Waals surface area (Å²) < 4.78 is 13.5. The fourth-order valence-corrected chi connectivity index (χ4v) is 4.73. The molecular weight excluding hydrogens is 420 g/mol. The predicted molar refractivity (Wildman–Crippen MR) is 118 cm³/mol. The van der Waals surface area contributed by atoms with Gasteiger partial charge in [0.25, 0.3) is 0 Å². The van der Waals surface area contributed by atoms with Crippen molar-refractivity contribution in [1.29, 1.82) is 0 Å². The van der Waals surface area contributed by atoms with Crippen molar-refractivity contribution in [2.45, 2.75) is 18.7 Å². The smallest absolute Gasteiger partial charge is 0.235 e. The number of thioether (sulfide) groups is 1. The Hall–Kier alpha value is -3.04. The third-order valence-electron chi connectivity index (χ3n) is 4.54. The van der Waals surface area contributed by atoms with Gasteiger partial charge in [-0.2, -0.15) is 9.78 Å². The number of thiazole rings is 1. The normalized spacial score (nSPS) is 12.5. The van der Waals surface area contributed by atoms with E-state index in [2.05, 4.69) is 15.4 Å². The van der Waals surface area contributed by atoms with Crippen LogP contribution in [0.4, 0.5) is 5.82 Å². The molecule has 2 aromatic heterocycles. The number of carbonyl (C=O) groups excluding carboxylic acids is 1. The Kier molecular flexibility index (Phi) is 4.84. The van der Waals surface area contributed by atoms with E-state index in [-0.39, 0.29) is 12.7 Å². The van der Waals surface area contributed by atoms with Gasteiger partial charge < -0.3 is 14.8 Å². The molecule has 0 unspecified atom stereocenters. The van der Waals surface area contributed by atoms with Crippen molar-refractivity contribution >= 4 is 45.0 Å². The number of aryl methyl sites for hydroxylation is 2. The number of hydrogen-bond acceptors (Lipinski definition) is 7. The first-order valence-electron chi connectivity index (χ1n) is 9.32. The van der Waals surface area contributed by atoms with Crippen LogP contribution in [-0.2, 0) is 4.79 Å². The number of nitrogens with zero attached hydrogens (tertiary/aromatic N) is 3. The average Bonchev–Trinajstić information content (AvgIpc) is 3.43. The molecule has 5 rings (SSSR count). The van der Waals surface area contributed by atoms with E-state index in [1.807, 2.05) is 56.3 Å². The zero-order valence-electron chi connectivity index (χ0n) is 16.3. The Balaban J connectivity index is 1.35. The minimum absolute atomic E-state index is 0.0939. The van der Waals surface area contributed by atoms with Gasteiger partial charge in [0.05, 0.1) is 21.7 Å². The van der Waals surface area contributed by atoms with Crippen LogP contribution in [0.1, 0.15) is 11.3 Å². The number of hydrogen-bond donors (Lipinski definition) is 1. The standard InChI is InChI=1S/C21H18N4O3S2/c1-12-3-5-14(6-4-12)29-10-20(26)23-19-7-13(2)24-25(19)21-22-15-8-16-17(28-11-27-16)9-18(15)30-21/h3-9H,10-11H2,1-2H3,(H,23,26). The van der Waals surface area contributed by atoms with Crippen molar-refractivity contribution in [1.82, 2.24) is 14.8 Å². The van der Waals surface area contributed by atoms with Crippen molar-refractivity contribution < 1.29 is 14.3 Å². The Morgan fingerprint density at radius 1 is 1.17 bits per heavy atom. The van der Waals surface area contributed by atoms with Gasteiger partial charge in [0.15, 0.2) is 11.5 Å². The van der Waals surface area contributed by atoms with Gasteiger partial charge in [0, 0.05) is 23.1 Å². The van der Waals surface area contributed by atoms with Gasteiger partial charge in [-0.1, -0.05) is 29.0 Å². The molecule has 2 aromatic carbocycles. The first-order chi connectivity index (χ1) is 14.5. The summed E-state index contributed by atoms with van der Waals surface area (Å²) in [7, 11) is 0. The first-order valence-corrected chi connectivity index (χ1v) is 11.1. The van der Waals surface area contributed by atoms with E-state index in [0.29, 0.717) is 22.5 Å². The Morgan fingerprint density at radius 3 is 2.73 bits per heavy atom. The lowest BCUT2D eigenvalue weighted by Gasteiger charge is -2.06. The van der Waals surface area contributed by atoms with Crippen molar-refractivity contribution in [2.75, 3.05) is 17.9 Å². The van der Waals surface area contributed by atoms with Gasteiger partial charge in [-0.3, -0.25) is 4.79 Å². The summed E-state index contributed by atoms with van der Waals surface area (Å²) in [5, 5.41) is 8.15. The largest absolute Gasteiger partial charge is 0.454 e. The average molecular weight is 439 g/mol. The molecule has 152 valence electrons. The van der Waals surface area contributed by atoms with Gasteiger partial charge in [-0.05, 0) is 26.0 Å². The van der Waals surface area contributed by atoms with E-state index in [1.165, 1.54) is 28.7 Å². The van der Waals surface area contributed by atoms with Crippen LogP contribution in [0.15, 0.2) is 47.4 Å². The van der Waals surface area contributed by atoms with Crippen molar-refractivity contribution in [2.24, 2.45) is 0 Å². The van der Waals surface area contributed by atoms with Crippen LogP contribution in [0.2, 0.25) is 0 Å². The first kappa shape index (κ1) is 19.0. The van der Waals surface area contributed by atoms with Gasteiger partial charge in [-0.15, -0.1) is 11.8 Å². The number of anilines is 1. The molecule has 0 bridgehead atoms. The van der Waals surface area contributed by atoms with Gasteiger partial charge in [0.1, 0.15) is 5.82 Å². The minimum atomic E-state index is -0.0939. The molecule has 0 saturated carbocycles. The Morgan fingerprint density at radius 2 is 1.93 bits per heavy atom. The number of ether oxygens (including phenoxy) is 2. The third kappa shape index (κ3) is 3.73. The topological polar surface area (TPSA) is 78.3 Å². The molecule has 1 amide bonds. The SMILES string of the molecule is Cc1ccc(SCC(=O)Nc2cc(C)nn2-c2nc3cc4c(cc3s2)OCO4)cc1. The third-order valence-corrected chi connectivity index (χ3v) is 6.55. The molecule has 1 aliphatic rings. The Bertz CT molecular complexity index is 1210. The Labute approximate surface area is 181 Å². The van der Waals surface area contributed by atoms with E-state index >= 15 is 0 Å². The highest BCUT2D eigenvalue weighted by Crippen LogP contribution is 2.39. The molecule has 9 heteroatoms. The van der Waals surface area contributed by atoms with Crippen molar-refractivity contribution in [3.63, 3.8) is 0 Å². The van der Waals surface area contributed by atoms with E-state index < -0.39 is 0 Å². The van der Waals surface area contributed by atoms with Crippen molar-refractivity contribution in [3.05, 3.63) is 53.7 Å². The molecule has 0 aliphatic carbocycles. The number of fused-ring (bicyclic) bond motifs is 2. The molecule has 0 radical (unpaired) electrons. The molecule has 1 N–H and O–H groups in total. The van der Waals surface area contributed by atoms with Gasteiger partial charge >= 0.3 is 0 Å². The maximum absolute atomic E-state index is 12.5. The van der Waals surface area contributed by atoms with E-state index in [1.54, 1.807) is 4.68 Å². The number of carbonyl (C=O) groups is 1. The maximum Gasteiger partial charge on any atom is 0.235 e. The molecule has 0 spiro atoms. The predicted octanol–water partition coefficient (Wildman–Crippen LogP) is 4.56. The lowest BCUT2D eigenvalue weighted by Crippen LogP contribution is -2.16. The van der Waals surface area contributed by atoms with E-state index in [9.17, 15) is 4.79 Å².